The third-order valence-corrected chi connectivity index (χ3v) is 3.96. The molecule has 5 heteroatoms. The minimum atomic E-state index is -0.167. The van der Waals surface area contributed by atoms with Crippen LogP contribution in [-0.2, 0) is 9.59 Å². The molecule has 18 heavy (non-hydrogen) atoms. The van der Waals surface area contributed by atoms with Gasteiger partial charge in [-0.25, -0.2) is 0 Å². The van der Waals surface area contributed by atoms with E-state index in [0.29, 0.717) is 24.9 Å². The second kappa shape index (κ2) is 5.69. The second-order valence-corrected chi connectivity index (χ2v) is 5.69. The first-order chi connectivity index (χ1) is 8.56. The van der Waals surface area contributed by atoms with Gasteiger partial charge in [0.05, 0.1) is 5.92 Å². The third kappa shape index (κ3) is 3.22. The lowest BCUT2D eigenvalue weighted by Crippen LogP contribution is -2.36. The number of rotatable bonds is 4. The summed E-state index contributed by atoms with van der Waals surface area (Å²) in [6.45, 7) is 7.84. The van der Waals surface area contributed by atoms with Gasteiger partial charge in [-0.3, -0.25) is 9.59 Å². The highest BCUT2D eigenvalue weighted by Crippen LogP contribution is 2.18. The quantitative estimate of drug-likeness (QED) is 0.739. The molecule has 2 unspecified atom stereocenters. The Bertz CT molecular complexity index is 330. The van der Waals surface area contributed by atoms with E-state index >= 15 is 0 Å². The molecule has 0 aromatic rings. The molecule has 2 heterocycles. The predicted octanol–water partition coefficient (Wildman–Crippen LogP) is -0.0310. The van der Waals surface area contributed by atoms with Crippen LogP contribution in [0.15, 0.2) is 0 Å². The number of hydrogen-bond donors (Lipinski definition) is 2. The first-order valence-corrected chi connectivity index (χ1v) is 6.84. The molecule has 5 nitrogen and oxygen atoms in total. The van der Waals surface area contributed by atoms with Crippen molar-refractivity contribution >= 4 is 11.8 Å². The molecule has 2 rings (SSSR count). The van der Waals surface area contributed by atoms with Crippen molar-refractivity contribution in [1.29, 1.82) is 0 Å². The van der Waals surface area contributed by atoms with Crippen LogP contribution in [0.4, 0.5) is 0 Å². The molecule has 0 aliphatic carbocycles. The predicted molar refractivity (Wildman–Crippen MR) is 68.9 cm³/mol. The normalized spacial score (nSPS) is 28.7. The van der Waals surface area contributed by atoms with Gasteiger partial charge in [0.1, 0.15) is 0 Å². The van der Waals surface area contributed by atoms with E-state index in [1.165, 1.54) is 0 Å². The largest absolute Gasteiger partial charge is 0.355 e. The second-order valence-electron chi connectivity index (χ2n) is 5.69. The van der Waals surface area contributed by atoms with Crippen molar-refractivity contribution < 1.29 is 9.59 Å². The highest BCUT2D eigenvalue weighted by atomic mass is 16.2. The maximum Gasteiger partial charge on any atom is 0.225 e. The Hall–Kier alpha value is -1.10. The molecule has 2 fully saturated rings. The van der Waals surface area contributed by atoms with Crippen molar-refractivity contribution in [2.24, 2.45) is 11.8 Å². The summed E-state index contributed by atoms with van der Waals surface area (Å²) < 4.78 is 0. The molecule has 102 valence electrons. The molecule has 0 bridgehead atoms. The summed E-state index contributed by atoms with van der Waals surface area (Å²) in [6, 6.07) is 0.586. The van der Waals surface area contributed by atoms with Gasteiger partial charge < -0.3 is 15.5 Å². The van der Waals surface area contributed by atoms with Crippen LogP contribution < -0.4 is 10.6 Å². The number of amides is 2. The molecular weight excluding hydrogens is 230 g/mol. The number of nitrogens with one attached hydrogen (secondary N) is 2. The lowest BCUT2D eigenvalue weighted by atomic mass is 10.1. The molecule has 0 radical (unpaired) electrons. The zero-order valence-corrected chi connectivity index (χ0v) is 11.2. The van der Waals surface area contributed by atoms with Gasteiger partial charge in [0.25, 0.3) is 0 Å². The fraction of sp³-hybridized carbons (Fsp3) is 0.846. The number of likely N-dealkylation sites (tertiary alicyclic amines) is 1. The van der Waals surface area contributed by atoms with Gasteiger partial charge in [0.15, 0.2) is 0 Å². The van der Waals surface area contributed by atoms with Gasteiger partial charge in [0, 0.05) is 32.1 Å². The van der Waals surface area contributed by atoms with Crippen LogP contribution in [-0.4, -0.2) is 48.9 Å². The van der Waals surface area contributed by atoms with Crippen molar-refractivity contribution in [2.45, 2.75) is 32.7 Å². The van der Waals surface area contributed by atoms with Crippen LogP contribution >= 0.6 is 0 Å². The van der Waals surface area contributed by atoms with E-state index in [2.05, 4.69) is 29.4 Å². The first kappa shape index (κ1) is 13.3. The molecule has 2 atom stereocenters. The van der Waals surface area contributed by atoms with Gasteiger partial charge in [-0.15, -0.1) is 0 Å². The standard InChI is InChI=1S/C13H23N3O2/c1-9(2)16-4-3-10(8-16)6-15-13(18)11-5-12(17)14-7-11/h9-11H,3-8H2,1-2H3,(H,14,17)(H,15,18). The maximum atomic E-state index is 11.8. The Morgan fingerprint density at radius 3 is 2.89 bits per heavy atom. The fourth-order valence-corrected chi connectivity index (χ4v) is 2.68. The first-order valence-electron chi connectivity index (χ1n) is 6.84. The van der Waals surface area contributed by atoms with Crippen molar-refractivity contribution in [3.63, 3.8) is 0 Å². The number of hydrogen-bond acceptors (Lipinski definition) is 3. The number of carbonyl (C=O) groups excluding carboxylic acids is 2. The molecule has 2 saturated heterocycles. The highest BCUT2D eigenvalue weighted by molar-refractivity contribution is 5.89. The summed E-state index contributed by atoms with van der Waals surface area (Å²) in [7, 11) is 0. The van der Waals surface area contributed by atoms with Gasteiger partial charge in [-0.2, -0.15) is 0 Å². The highest BCUT2D eigenvalue weighted by Gasteiger charge is 2.29. The van der Waals surface area contributed by atoms with Gasteiger partial charge in [-0.05, 0) is 32.7 Å². The van der Waals surface area contributed by atoms with E-state index in [-0.39, 0.29) is 17.7 Å². The summed E-state index contributed by atoms with van der Waals surface area (Å²) in [4.78, 5) is 25.3. The average molecular weight is 253 g/mol. The van der Waals surface area contributed by atoms with Crippen LogP contribution in [0.25, 0.3) is 0 Å². The van der Waals surface area contributed by atoms with Crippen molar-refractivity contribution in [2.75, 3.05) is 26.2 Å². The van der Waals surface area contributed by atoms with Crippen LogP contribution in [0.5, 0.6) is 0 Å². The summed E-state index contributed by atoms with van der Waals surface area (Å²) >= 11 is 0. The number of nitrogens with zero attached hydrogens (tertiary/aromatic N) is 1. The Morgan fingerprint density at radius 1 is 1.56 bits per heavy atom. The van der Waals surface area contributed by atoms with Crippen molar-refractivity contribution in [3.05, 3.63) is 0 Å². The van der Waals surface area contributed by atoms with Gasteiger partial charge in [0.2, 0.25) is 11.8 Å². The monoisotopic (exact) mass is 253 g/mol. The summed E-state index contributed by atoms with van der Waals surface area (Å²) in [5.41, 5.74) is 0. The zero-order valence-electron chi connectivity index (χ0n) is 11.2. The molecule has 2 N–H and O–H groups in total. The van der Waals surface area contributed by atoms with Crippen molar-refractivity contribution in [1.82, 2.24) is 15.5 Å². The minimum Gasteiger partial charge on any atom is -0.355 e. The van der Waals surface area contributed by atoms with Crippen LogP contribution in [0.1, 0.15) is 26.7 Å². The molecule has 0 saturated carbocycles. The maximum absolute atomic E-state index is 11.8. The molecule has 2 aliphatic heterocycles. The van der Waals surface area contributed by atoms with Crippen LogP contribution in [0.3, 0.4) is 0 Å². The summed E-state index contributed by atoms with van der Waals surface area (Å²) in [6.07, 6.45) is 1.49. The molecule has 2 amide bonds. The summed E-state index contributed by atoms with van der Waals surface area (Å²) in [5, 5.41) is 5.68. The van der Waals surface area contributed by atoms with Gasteiger partial charge in [-0.1, -0.05) is 0 Å². The van der Waals surface area contributed by atoms with E-state index in [0.717, 1.165) is 26.1 Å². The van der Waals surface area contributed by atoms with Crippen LogP contribution in [0.2, 0.25) is 0 Å². The Labute approximate surface area is 108 Å². The lowest BCUT2D eigenvalue weighted by molar-refractivity contribution is -0.126. The average Bonchev–Trinajstić information content (AvgIpc) is 2.94. The number of carbonyl (C=O) groups is 2. The molecule has 0 spiro atoms. The SMILES string of the molecule is CC(C)N1CCC(CNC(=O)C2CNC(=O)C2)C1. The van der Waals surface area contributed by atoms with Gasteiger partial charge >= 0.3 is 0 Å². The Balaban J connectivity index is 1.69. The minimum absolute atomic E-state index is 0.0120. The topological polar surface area (TPSA) is 61.4 Å². The van der Waals surface area contributed by atoms with E-state index < -0.39 is 0 Å². The molecular formula is C13H23N3O2. The lowest BCUT2D eigenvalue weighted by Gasteiger charge is -2.20. The fourth-order valence-electron chi connectivity index (χ4n) is 2.68. The zero-order chi connectivity index (χ0) is 13.1. The van der Waals surface area contributed by atoms with E-state index in [4.69, 9.17) is 0 Å². The van der Waals surface area contributed by atoms with Crippen molar-refractivity contribution in [3.8, 4) is 0 Å². The summed E-state index contributed by atoms with van der Waals surface area (Å²) in [5.74, 6) is 0.403. The Morgan fingerprint density at radius 2 is 2.33 bits per heavy atom. The van der Waals surface area contributed by atoms with E-state index in [1.54, 1.807) is 0 Å². The van der Waals surface area contributed by atoms with E-state index in [9.17, 15) is 9.59 Å². The molecule has 0 aromatic heterocycles. The third-order valence-electron chi connectivity index (χ3n) is 3.96. The smallest absolute Gasteiger partial charge is 0.225 e. The van der Waals surface area contributed by atoms with Crippen LogP contribution in [0, 0.1) is 11.8 Å². The Kier molecular flexibility index (Phi) is 4.22. The van der Waals surface area contributed by atoms with E-state index in [1.807, 2.05) is 0 Å². The molecule has 0 aromatic carbocycles. The molecule has 2 aliphatic rings.